The topological polar surface area (TPSA) is 71.7 Å². The van der Waals surface area contributed by atoms with E-state index in [0.717, 1.165) is 0 Å². The minimum Gasteiger partial charge on any atom is -0.493 e. The van der Waals surface area contributed by atoms with Crippen molar-refractivity contribution in [3.8, 4) is 23.3 Å². The van der Waals surface area contributed by atoms with Crippen molar-refractivity contribution in [3.63, 3.8) is 0 Å². The standard InChI is InChI=1S/C16H23NO4/c1-16(2,3)15(18)11(9-17)10-7-12(19-4)14(21-6)13(8-10)20-5/h7-8,11,15,18H,1-6H3. The normalized spacial score (nSPS) is 14.0. The van der Waals surface area contributed by atoms with Gasteiger partial charge in [0.05, 0.1) is 39.4 Å². The predicted molar refractivity (Wildman–Crippen MR) is 79.9 cm³/mol. The molecule has 0 saturated heterocycles. The first kappa shape index (κ1) is 17.1. The summed E-state index contributed by atoms with van der Waals surface area (Å²) in [5.41, 5.74) is 0.218. The fourth-order valence-electron chi connectivity index (χ4n) is 2.11. The maximum Gasteiger partial charge on any atom is 0.203 e. The zero-order chi connectivity index (χ0) is 16.2. The molecule has 1 N–H and O–H groups in total. The highest BCUT2D eigenvalue weighted by Crippen LogP contribution is 2.42. The summed E-state index contributed by atoms with van der Waals surface area (Å²) in [7, 11) is 4.55. The number of nitriles is 1. The summed E-state index contributed by atoms with van der Waals surface area (Å²) in [6.45, 7) is 5.67. The van der Waals surface area contributed by atoms with Gasteiger partial charge in [-0.15, -0.1) is 0 Å². The van der Waals surface area contributed by atoms with Gasteiger partial charge in [0, 0.05) is 0 Å². The van der Waals surface area contributed by atoms with Crippen LogP contribution in [0.25, 0.3) is 0 Å². The van der Waals surface area contributed by atoms with Gasteiger partial charge in [0.1, 0.15) is 0 Å². The van der Waals surface area contributed by atoms with Gasteiger partial charge < -0.3 is 19.3 Å². The number of methoxy groups -OCH3 is 3. The van der Waals surface area contributed by atoms with Crippen molar-refractivity contribution in [2.24, 2.45) is 5.41 Å². The molecule has 0 saturated carbocycles. The minimum absolute atomic E-state index is 0.416. The van der Waals surface area contributed by atoms with Crippen LogP contribution in [-0.2, 0) is 0 Å². The van der Waals surface area contributed by atoms with Crippen LogP contribution in [0.1, 0.15) is 32.3 Å². The highest BCUT2D eigenvalue weighted by atomic mass is 16.5. The molecule has 0 aliphatic rings. The molecule has 0 fully saturated rings. The van der Waals surface area contributed by atoms with Crippen molar-refractivity contribution in [1.29, 1.82) is 5.26 Å². The molecule has 0 amide bonds. The van der Waals surface area contributed by atoms with Crippen LogP contribution in [0.3, 0.4) is 0 Å². The van der Waals surface area contributed by atoms with E-state index in [2.05, 4.69) is 6.07 Å². The zero-order valence-electron chi connectivity index (χ0n) is 13.4. The summed E-state index contributed by atoms with van der Waals surface area (Å²) < 4.78 is 15.8. The molecule has 0 heterocycles. The molecular weight excluding hydrogens is 270 g/mol. The van der Waals surface area contributed by atoms with Crippen molar-refractivity contribution in [2.75, 3.05) is 21.3 Å². The Morgan fingerprint density at radius 3 is 1.81 bits per heavy atom. The van der Waals surface area contributed by atoms with Gasteiger partial charge in [0.2, 0.25) is 5.75 Å². The Kier molecular flexibility index (Phi) is 5.45. The molecule has 1 rings (SSSR count). The van der Waals surface area contributed by atoms with Crippen LogP contribution < -0.4 is 14.2 Å². The van der Waals surface area contributed by atoms with Crippen molar-refractivity contribution in [1.82, 2.24) is 0 Å². The molecule has 0 aliphatic carbocycles. The summed E-state index contributed by atoms with van der Waals surface area (Å²) in [6.07, 6.45) is -0.815. The van der Waals surface area contributed by atoms with E-state index in [-0.39, 0.29) is 0 Å². The summed E-state index contributed by atoms with van der Waals surface area (Å²) >= 11 is 0. The van der Waals surface area contributed by atoms with Gasteiger partial charge in [-0.25, -0.2) is 0 Å². The van der Waals surface area contributed by atoms with Crippen molar-refractivity contribution in [3.05, 3.63) is 17.7 Å². The van der Waals surface area contributed by atoms with Gasteiger partial charge in [-0.05, 0) is 23.1 Å². The van der Waals surface area contributed by atoms with Crippen LogP contribution in [0, 0.1) is 16.7 Å². The molecule has 5 heteroatoms. The van der Waals surface area contributed by atoms with Crippen molar-refractivity contribution >= 4 is 0 Å². The predicted octanol–water partition coefficient (Wildman–Crippen LogP) is 2.73. The fraction of sp³-hybridized carbons (Fsp3) is 0.562. The highest BCUT2D eigenvalue weighted by molar-refractivity contribution is 5.55. The van der Waals surface area contributed by atoms with E-state index in [1.165, 1.54) is 21.3 Å². The van der Waals surface area contributed by atoms with E-state index >= 15 is 0 Å². The molecule has 0 radical (unpaired) electrons. The van der Waals surface area contributed by atoms with E-state index < -0.39 is 17.4 Å². The molecular formula is C16H23NO4. The van der Waals surface area contributed by atoms with Gasteiger partial charge in [-0.2, -0.15) is 5.26 Å². The third-order valence-electron chi connectivity index (χ3n) is 3.39. The van der Waals surface area contributed by atoms with Gasteiger partial charge in [-0.1, -0.05) is 20.8 Å². The first-order chi connectivity index (χ1) is 9.79. The van der Waals surface area contributed by atoms with E-state index in [4.69, 9.17) is 14.2 Å². The Morgan fingerprint density at radius 1 is 1.05 bits per heavy atom. The van der Waals surface area contributed by atoms with Crippen molar-refractivity contribution < 1.29 is 19.3 Å². The number of hydrogen-bond donors (Lipinski definition) is 1. The third kappa shape index (κ3) is 3.59. The smallest absolute Gasteiger partial charge is 0.203 e. The lowest BCUT2D eigenvalue weighted by Crippen LogP contribution is -2.31. The number of nitrogens with zero attached hydrogens (tertiary/aromatic N) is 1. The van der Waals surface area contributed by atoms with Gasteiger partial charge >= 0.3 is 0 Å². The van der Waals surface area contributed by atoms with E-state index in [0.29, 0.717) is 22.8 Å². The Bertz CT molecular complexity index is 503. The second kappa shape index (κ2) is 6.68. The molecule has 21 heavy (non-hydrogen) atoms. The SMILES string of the molecule is COc1cc(C(C#N)C(O)C(C)(C)C)cc(OC)c1OC. The minimum atomic E-state index is -0.815. The van der Waals surface area contributed by atoms with Crippen LogP contribution in [0.5, 0.6) is 17.2 Å². The number of benzene rings is 1. The summed E-state index contributed by atoms with van der Waals surface area (Å²) in [6, 6.07) is 5.56. The monoisotopic (exact) mass is 293 g/mol. The Balaban J connectivity index is 3.38. The summed E-state index contributed by atoms with van der Waals surface area (Å²) in [4.78, 5) is 0. The number of aliphatic hydroxyl groups excluding tert-OH is 1. The highest BCUT2D eigenvalue weighted by Gasteiger charge is 2.32. The fourth-order valence-corrected chi connectivity index (χ4v) is 2.11. The summed E-state index contributed by atoms with van der Waals surface area (Å²) in [5.74, 6) is 0.714. The average Bonchev–Trinajstić information content (AvgIpc) is 2.45. The lowest BCUT2D eigenvalue weighted by atomic mass is 9.79. The second-order valence-corrected chi connectivity index (χ2v) is 5.88. The third-order valence-corrected chi connectivity index (χ3v) is 3.39. The maximum absolute atomic E-state index is 10.4. The molecule has 0 aliphatic heterocycles. The van der Waals surface area contributed by atoms with Crippen LogP contribution in [-0.4, -0.2) is 32.5 Å². The van der Waals surface area contributed by atoms with Crippen molar-refractivity contribution in [2.45, 2.75) is 32.8 Å². The van der Waals surface area contributed by atoms with Gasteiger partial charge in [-0.3, -0.25) is 0 Å². The number of aliphatic hydroxyl groups is 1. The molecule has 0 spiro atoms. The van der Waals surface area contributed by atoms with E-state index in [9.17, 15) is 10.4 Å². The molecule has 1 aromatic rings. The summed E-state index contributed by atoms with van der Waals surface area (Å²) in [5, 5.41) is 19.9. The Morgan fingerprint density at radius 2 is 1.52 bits per heavy atom. The molecule has 5 nitrogen and oxygen atoms in total. The molecule has 0 bridgehead atoms. The quantitative estimate of drug-likeness (QED) is 0.903. The number of hydrogen-bond acceptors (Lipinski definition) is 5. The molecule has 2 unspecified atom stereocenters. The van der Waals surface area contributed by atoms with Gasteiger partial charge in [0.15, 0.2) is 11.5 Å². The molecule has 0 aromatic heterocycles. The van der Waals surface area contributed by atoms with Crippen LogP contribution >= 0.6 is 0 Å². The second-order valence-electron chi connectivity index (χ2n) is 5.88. The van der Waals surface area contributed by atoms with Crippen LogP contribution in [0.15, 0.2) is 12.1 Å². The number of rotatable bonds is 5. The van der Waals surface area contributed by atoms with Gasteiger partial charge in [0.25, 0.3) is 0 Å². The molecule has 116 valence electrons. The maximum atomic E-state index is 10.4. The Labute approximate surface area is 126 Å². The lowest BCUT2D eigenvalue weighted by molar-refractivity contribution is 0.0526. The molecule has 2 atom stereocenters. The van der Waals surface area contributed by atoms with Crippen LogP contribution in [0.4, 0.5) is 0 Å². The Hall–Kier alpha value is -1.93. The zero-order valence-corrected chi connectivity index (χ0v) is 13.4. The van der Waals surface area contributed by atoms with E-state index in [1.807, 2.05) is 20.8 Å². The molecule has 1 aromatic carbocycles. The first-order valence-corrected chi connectivity index (χ1v) is 6.67. The largest absolute Gasteiger partial charge is 0.493 e. The first-order valence-electron chi connectivity index (χ1n) is 6.67. The lowest BCUT2D eigenvalue weighted by Gasteiger charge is -2.30. The average molecular weight is 293 g/mol. The van der Waals surface area contributed by atoms with E-state index in [1.54, 1.807) is 12.1 Å². The number of ether oxygens (including phenoxy) is 3. The van der Waals surface area contributed by atoms with Crippen LogP contribution in [0.2, 0.25) is 0 Å².